The van der Waals surface area contributed by atoms with Crippen LogP contribution in [0.5, 0.6) is 0 Å². The normalized spacial score (nSPS) is 20.6. The summed E-state index contributed by atoms with van der Waals surface area (Å²) >= 11 is 0. The molecule has 3 unspecified atom stereocenters. The highest BCUT2D eigenvalue weighted by Gasteiger charge is 2.24. The number of anilines is 1. The van der Waals surface area contributed by atoms with E-state index in [0.29, 0.717) is 58.9 Å². The Morgan fingerprint density at radius 2 is 1.16 bits per heavy atom. The molecule has 280 valence electrons. The molecule has 0 spiro atoms. The van der Waals surface area contributed by atoms with Crippen LogP contribution in [0.1, 0.15) is 16.7 Å². The first-order chi connectivity index (χ1) is 24.0. The maximum absolute atomic E-state index is 12.5. The summed E-state index contributed by atoms with van der Waals surface area (Å²) in [6.07, 6.45) is 8.83. The molecule has 1 saturated heterocycles. The molecule has 1 heterocycles. The van der Waals surface area contributed by atoms with E-state index in [1.807, 2.05) is 42.7 Å². The summed E-state index contributed by atoms with van der Waals surface area (Å²) in [6.45, 7) is 9.92. The van der Waals surface area contributed by atoms with Crippen LogP contribution in [0.4, 0.5) is 5.69 Å². The van der Waals surface area contributed by atoms with Crippen LogP contribution in [0, 0.1) is 0 Å². The van der Waals surface area contributed by atoms with Crippen molar-refractivity contribution in [2.24, 2.45) is 0 Å². The standard InChI is InChI=1S/C37H57N6O5P3/c1-38(2)35-16-12-33(13-17-35)37(34-14-18-36(19-15-34)39(3)4)32-10-8-31(9-11-32)28-40-20-22-41(29-50(6,45)46)24-26-43(49(5)44)27-25-42(23-21-40)30-51(7,47)48/h8-19,44H,20-30H2,1-7H3,(H-,45,46,47,48)/p+1. The molecule has 2 aromatic carbocycles. The Morgan fingerprint density at radius 1 is 0.725 bits per heavy atom. The van der Waals surface area contributed by atoms with Crippen molar-refractivity contribution in [2.75, 3.05) is 118 Å². The molecule has 3 N–H and O–H groups in total. The lowest BCUT2D eigenvalue weighted by Gasteiger charge is -2.35. The van der Waals surface area contributed by atoms with E-state index in [-0.39, 0.29) is 12.6 Å². The molecule has 0 bridgehead atoms. The second kappa shape index (κ2) is 18.7. The minimum atomic E-state index is -3.30. The number of allylic oxidation sites excluding steroid dienone is 5. The number of nitrogens with zero attached hydrogens (tertiary/aromatic N) is 6. The summed E-state index contributed by atoms with van der Waals surface area (Å²) in [5.41, 5.74) is 7.97. The van der Waals surface area contributed by atoms with Crippen LogP contribution in [-0.4, -0.2) is 157 Å². The molecule has 51 heavy (non-hydrogen) atoms. The number of hydrogen-bond acceptors (Lipinski definition) is 8. The Balaban J connectivity index is 1.62. The van der Waals surface area contributed by atoms with Gasteiger partial charge in [0.1, 0.15) is 14.1 Å². The quantitative estimate of drug-likeness (QED) is 0.232. The van der Waals surface area contributed by atoms with Crippen molar-refractivity contribution in [3.05, 3.63) is 95.1 Å². The fraction of sp³-hybridized carbons (Fsp3) is 0.486. The van der Waals surface area contributed by atoms with Gasteiger partial charge in [-0.15, -0.1) is 0 Å². The van der Waals surface area contributed by atoms with Gasteiger partial charge in [0.15, 0.2) is 5.71 Å². The molecule has 1 aliphatic carbocycles. The first-order valence-electron chi connectivity index (χ1n) is 17.4. The molecule has 2 aromatic rings. The van der Waals surface area contributed by atoms with Crippen LogP contribution in [0.25, 0.3) is 5.57 Å². The monoisotopic (exact) mass is 759 g/mol. The zero-order valence-corrected chi connectivity index (χ0v) is 34.1. The van der Waals surface area contributed by atoms with E-state index in [4.69, 9.17) is 0 Å². The van der Waals surface area contributed by atoms with Gasteiger partial charge in [0.2, 0.25) is 14.7 Å². The highest BCUT2D eigenvalue weighted by atomic mass is 31.2. The summed E-state index contributed by atoms with van der Waals surface area (Å²) < 4.78 is 29.0. The molecule has 1 fully saturated rings. The predicted octanol–water partition coefficient (Wildman–Crippen LogP) is 4.76. The van der Waals surface area contributed by atoms with Gasteiger partial charge in [-0.1, -0.05) is 36.4 Å². The average molecular weight is 760 g/mol. The van der Waals surface area contributed by atoms with Crippen LogP contribution in [0.3, 0.4) is 0 Å². The Kier molecular flexibility index (Phi) is 15.2. The van der Waals surface area contributed by atoms with Gasteiger partial charge in [-0.2, -0.15) is 0 Å². The van der Waals surface area contributed by atoms with Gasteiger partial charge in [-0.25, -0.2) is 4.58 Å². The number of hydrogen-bond donors (Lipinski definition) is 3. The van der Waals surface area contributed by atoms with Crippen LogP contribution in [0.15, 0.2) is 78.4 Å². The largest absolute Gasteiger partial charge is 0.378 e. The Morgan fingerprint density at radius 3 is 1.57 bits per heavy atom. The third kappa shape index (κ3) is 13.6. The summed E-state index contributed by atoms with van der Waals surface area (Å²) in [7, 11) is 0.197. The van der Waals surface area contributed by atoms with E-state index >= 15 is 0 Å². The topological polar surface area (TPSA) is 114 Å². The van der Waals surface area contributed by atoms with E-state index in [2.05, 4.69) is 87.2 Å². The molecule has 14 heteroatoms. The molecule has 0 saturated carbocycles. The lowest BCUT2D eigenvalue weighted by molar-refractivity contribution is -0.462. The fourth-order valence-corrected chi connectivity index (χ4v) is 9.19. The molecular formula is C37H58N6O5P3+. The molecule has 0 aromatic heterocycles. The average Bonchev–Trinajstić information content (AvgIpc) is 3.04. The third-order valence-corrected chi connectivity index (χ3v) is 12.2. The van der Waals surface area contributed by atoms with Gasteiger partial charge >= 0.3 is 0 Å². The lowest BCUT2D eigenvalue weighted by atomic mass is 9.90. The Bertz CT molecular complexity index is 1620. The van der Waals surface area contributed by atoms with Crippen molar-refractivity contribution in [3.8, 4) is 0 Å². The minimum absolute atomic E-state index is 0.0930. The van der Waals surface area contributed by atoms with E-state index in [1.165, 1.54) is 13.3 Å². The zero-order chi connectivity index (χ0) is 37.3. The van der Waals surface area contributed by atoms with Gasteiger partial charge in [-0.05, 0) is 58.8 Å². The summed E-state index contributed by atoms with van der Waals surface area (Å²) in [5.74, 6) is 0. The Labute approximate surface area is 306 Å². The number of rotatable bonds is 10. The van der Waals surface area contributed by atoms with Gasteiger partial charge in [0.25, 0.3) is 0 Å². The van der Waals surface area contributed by atoms with Crippen molar-refractivity contribution in [1.29, 1.82) is 0 Å². The van der Waals surface area contributed by atoms with Crippen molar-refractivity contribution < 1.29 is 28.4 Å². The van der Waals surface area contributed by atoms with E-state index in [9.17, 15) is 23.8 Å². The van der Waals surface area contributed by atoms with Crippen LogP contribution >= 0.6 is 23.0 Å². The molecule has 0 amide bonds. The number of benzene rings is 2. The predicted molar refractivity (Wildman–Crippen MR) is 215 cm³/mol. The van der Waals surface area contributed by atoms with Gasteiger partial charge < -0.3 is 19.6 Å². The maximum Gasteiger partial charge on any atom is 0.211 e. The summed E-state index contributed by atoms with van der Waals surface area (Å²) in [4.78, 5) is 39.5. The molecule has 4 rings (SSSR count). The lowest BCUT2D eigenvalue weighted by Crippen LogP contribution is -2.45. The molecule has 0 radical (unpaired) electrons. The van der Waals surface area contributed by atoms with Crippen LogP contribution < -0.4 is 4.90 Å². The summed E-state index contributed by atoms with van der Waals surface area (Å²) in [6, 6.07) is 17.4. The van der Waals surface area contributed by atoms with Crippen LogP contribution in [-0.2, 0) is 15.7 Å². The van der Waals surface area contributed by atoms with Gasteiger partial charge in [-0.3, -0.25) is 28.5 Å². The van der Waals surface area contributed by atoms with Crippen molar-refractivity contribution >= 4 is 40.0 Å². The first-order valence-corrected chi connectivity index (χ1v) is 23.7. The molecular weight excluding hydrogens is 701 g/mol. The SMILES string of the molecule is CN(C)c1ccc(C(=C2C=CC(=[N+](C)C)C=C2)c2ccc(CN3CCN(CP(C)(=O)O)CCN(P(C)O)CCN(CP(C)(=O)O)CC3)cc2)cc1. The minimum Gasteiger partial charge on any atom is -0.378 e. The van der Waals surface area contributed by atoms with E-state index < -0.39 is 23.0 Å². The van der Waals surface area contributed by atoms with Crippen molar-refractivity contribution in [1.82, 2.24) is 19.4 Å². The first kappa shape index (κ1) is 41.5. The third-order valence-electron chi connectivity index (χ3n) is 9.14. The van der Waals surface area contributed by atoms with E-state index in [0.717, 1.165) is 39.2 Å². The summed E-state index contributed by atoms with van der Waals surface area (Å²) in [5, 5.41) is 0. The van der Waals surface area contributed by atoms with E-state index in [1.54, 1.807) is 6.66 Å². The van der Waals surface area contributed by atoms with Gasteiger partial charge in [0, 0.05) is 104 Å². The Hall–Kier alpha value is -2.26. The second-order valence-corrected chi connectivity index (χ2v) is 20.6. The highest BCUT2D eigenvalue weighted by Crippen LogP contribution is 2.38. The highest BCUT2D eigenvalue weighted by molar-refractivity contribution is 7.57. The maximum atomic E-state index is 12.5. The van der Waals surface area contributed by atoms with Crippen molar-refractivity contribution in [3.63, 3.8) is 0 Å². The second-order valence-electron chi connectivity index (χ2n) is 14.3. The molecule has 2 aliphatic rings. The molecule has 1 aliphatic heterocycles. The van der Waals surface area contributed by atoms with Crippen molar-refractivity contribution in [2.45, 2.75) is 6.54 Å². The molecule has 11 nitrogen and oxygen atoms in total. The fourth-order valence-electron chi connectivity index (χ4n) is 6.39. The zero-order valence-electron chi connectivity index (χ0n) is 31.4. The van der Waals surface area contributed by atoms with Crippen LogP contribution in [0.2, 0.25) is 0 Å². The molecule has 3 atom stereocenters. The smallest absolute Gasteiger partial charge is 0.211 e. The van der Waals surface area contributed by atoms with Gasteiger partial charge in [0.05, 0.1) is 20.9 Å².